The first kappa shape index (κ1) is 14.4. The quantitative estimate of drug-likeness (QED) is 0.655. The molecule has 17 heavy (non-hydrogen) atoms. The van der Waals surface area contributed by atoms with Crippen LogP contribution in [-0.2, 0) is 9.05 Å². The smallest absolute Gasteiger partial charge is 0.404 e. The van der Waals surface area contributed by atoms with Gasteiger partial charge in [0.05, 0.1) is 15.1 Å². The zero-order chi connectivity index (χ0) is 13.4. The summed E-state index contributed by atoms with van der Waals surface area (Å²) in [6, 6.07) is 1.53. The van der Waals surface area contributed by atoms with Gasteiger partial charge in [0.25, 0.3) is 9.05 Å². The number of nitrogen functional groups attached to an aromatic ring is 1. The summed E-state index contributed by atoms with van der Waals surface area (Å²) in [5.74, 6) is -0.781. The van der Waals surface area contributed by atoms with Crippen molar-refractivity contribution in [3.8, 4) is 5.75 Å². The second-order valence-corrected chi connectivity index (χ2v) is 6.17. The van der Waals surface area contributed by atoms with E-state index < -0.39 is 26.1 Å². The fourth-order valence-corrected chi connectivity index (χ4v) is 2.03. The Bertz CT molecular complexity index is 546. The Kier molecular flexibility index (Phi) is 3.84. The van der Waals surface area contributed by atoms with Gasteiger partial charge >= 0.3 is 6.36 Å². The average Bonchev–Trinajstić information content (AvgIpc) is 2.08. The van der Waals surface area contributed by atoms with Crippen LogP contribution in [-0.4, -0.2) is 14.8 Å². The number of hydrogen-bond acceptors (Lipinski definition) is 4. The van der Waals surface area contributed by atoms with E-state index in [4.69, 9.17) is 16.4 Å². The number of rotatable bonds is 2. The molecule has 0 radical (unpaired) electrons. The summed E-state index contributed by atoms with van der Waals surface area (Å²) >= 11 is 2.75. The van der Waals surface area contributed by atoms with Gasteiger partial charge in [-0.1, -0.05) is 0 Å². The zero-order valence-electron chi connectivity index (χ0n) is 7.75. The van der Waals surface area contributed by atoms with Crippen molar-refractivity contribution < 1.29 is 26.3 Å². The van der Waals surface area contributed by atoms with Crippen molar-refractivity contribution in [2.75, 3.05) is 5.73 Å². The lowest BCUT2D eigenvalue weighted by Gasteiger charge is -2.12. The lowest BCUT2D eigenvalue weighted by Crippen LogP contribution is -2.18. The average molecular weight is 355 g/mol. The van der Waals surface area contributed by atoms with Gasteiger partial charge in [-0.25, -0.2) is 8.42 Å². The number of benzene rings is 1. The van der Waals surface area contributed by atoms with Gasteiger partial charge in [0.2, 0.25) is 0 Å². The number of ether oxygens (including phenoxy) is 1. The summed E-state index contributed by atoms with van der Waals surface area (Å²) in [4.78, 5) is -0.584. The molecular formula is C7H4BrClF3NO3S. The molecule has 0 aliphatic rings. The molecule has 2 N–H and O–H groups in total. The van der Waals surface area contributed by atoms with E-state index in [1.807, 2.05) is 0 Å². The number of hydrogen-bond donors (Lipinski definition) is 1. The fourth-order valence-electron chi connectivity index (χ4n) is 0.933. The zero-order valence-corrected chi connectivity index (χ0v) is 10.9. The molecule has 0 aliphatic carbocycles. The highest BCUT2D eigenvalue weighted by atomic mass is 79.9. The summed E-state index contributed by atoms with van der Waals surface area (Å²) in [7, 11) is 0.795. The van der Waals surface area contributed by atoms with Gasteiger partial charge in [0.1, 0.15) is 5.75 Å². The summed E-state index contributed by atoms with van der Waals surface area (Å²) in [6.07, 6.45) is -4.97. The lowest BCUT2D eigenvalue weighted by molar-refractivity contribution is -0.274. The first-order chi connectivity index (χ1) is 7.50. The molecule has 1 aromatic carbocycles. The molecule has 0 aromatic heterocycles. The molecule has 4 nitrogen and oxygen atoms in total. The largest absolute Gasteiger partial charge is 0.573 e. The molecule has 0 aliphatic heterocycles. The van der Waals surface area contributed by atoms with Crippen LogP contribution in [0.1, 0.15) is 0 Å². The SMILES string of the molecule is Nc1cc(S(=O)(=O)Cl)cc(OC(F)(F)F)c1Br. The van der Waals surface area contributed by atoms with Gasteiger partial charge in [0.15, 0.2) is 0 Å². The fraction of sp³-hybridized carbons (Fsp3) is 0.143. The Morgan fingerprint density at radius 3 is 2.29 bits per heavy atom. The maximum absolute atomic E-state index is 12.0. The highest BCUT2D eigenvalue weighted by Gasteiger charge is 2.33. The summed E-state index contributed by atoms with van der Waals surface area (Å²) < 4.78 is 61.4. The van der Waals surface area contributed by atoms with Gasteiger partial charge < -0.3 is 10.5 Å². The minimum absolute atomic E-state index is 0.209. The number of alkyl halides is 3. The molecule has 96 valence electrons. The van der Waals surface area contributed by atoms with Gasteiger partial charge in [-0.3, -0.25) is 0 Å². The minimum atomic E-state index is -4.97. The summed E-state index contributed by atoms with van der Waals surface area (Å²) in [5, 5.41) is 0. The number of anilines is 1. The van der Waals surface area contributed by atoms with E-state index in [1.54, 1.807) is 0 Å². The Balaban J connectivity index is 3.36. The first-order valence-corrected chi connectivity index (χ1v) is 6.90. The molecule has 0 bridgehead atoms. The maximum Gasteiger partial charge on any atom is 0.573 e. The molecule has 0 saturated carbocycles. The van der Waals surface area contributed by atoms with Gasteiger partial charge in [-0.2, -0.15) is 0 Å². The number of nitrogens with two attached hydrogens (primary N) is 1. The normalized spacial score (nSPS) is 12.5. The van der Waals surface area contributed by atoms with Crippen molar-refractivity contribution in [3.05, 3.63) is 16.6 Å². The molecule has 10 heteroatoms. The number of halogens is 5. The van der Waals surface area contributed by atoms with Crippen molar-refractivity contribution in [3.63, 3.8) is 0 Å². The molecule has 0 atom stereocenters. The Morgan fingerprint density at radius 1 is 1.35 bits per heavy atom. The van der Waals surface area contributed by atoms with E-state index in [0.717, 1.165) is 6.07 Å². The third-order valence-corrected chi connectivity index (χ3v) is 3.73. The van der Waals surface area contributed by atoms with Crippen LogP contribution in [0.15, 0.2) is 21.5 Å². The monoisotopic (exact) mass is 353 g/mol. The highest BCUT2D eigenvalue weighted by molar-refractivity contribution is 9.10. The maximum atomic E-state index is 12.0. The van der Waals surface area contributed by atoms with E-state index in [1.165, 1.54) is 0 Å². The minimum Gasteiger partial charge on any atom is -0.404 e. The van der Waals surface area contributed by atoms with E-state index >= 15 is 0 Å². The molecule has 0 fully saturated rings. The predicted molar refractivity (Wildman–Crippen MR) is 58.3 cm³/mol. The molecule has 0 saturated heterocycles. The van der Waals surface area contributed by atoms with Crippen LogP contribution >= 0.6 is 26.6 Å². The lowest BCUT2D eigenvalue weighted by atomic mass is 10.3. The standard InChI is InChI=1S/C7H4BrClF3NO3S/c8-6-4(13)1-3(17(9,14)15)2-5(6)16-7(10,11)12/h1-2H,13H2. The van der Waals surface area contributed by atoms with E-state index in [2.05, 4.69) is 20.7 Å². The Hall–Kier alpha value is -0.670. The van der Waals surface area contributed by atoms with E-state index in [0.29, 0.717) is 6.07 Å². The van der Waals surface area contributed by atoms with Crippen molar-refractivity contribution in [2.24, 2.45) is 0 Å². The third-order valence-electron chi connectivity index (χ3n) is 1.55. The highest BCUT2D eigenvalue weighted by Crippen LogP contribution is 2.37. The van der Waals surface area contributed by atoms with Crippen molar-refractivity contribution in [1.29, 1.82) is 0 Å². The molecule has 0 heterocycles. The van der Waals surface area contributed by atoms with Gasteiger partial charge in [0, 0.05) is 16.7 Å². The topological polar surface area (TPSA) is 69.4 Å². The predicted octanol–water partition coefficient (Wildman–Crippen LogP) is 2.86. The van der Waals surface area contributed by atoms with E-state index in [9.17, 15) is 21.6 Å². The molecule has 1 rings (SSSR count). The Labute approximate surface area is 107 Å². The van der Waals surface area contributed by atoms with Crippen LogP contribution in [0.2, 0.25) is 0 Å². The molecule has 1 aromatic rings. The van der Waals surface area contributed by atoms with Crippen molar-refractivity contribution >= 4 is 41.4 Å². The van der Waals surface area contributed by atoms with Crippen LogP contribution in [0.3, 0.4) is 0 Å². The summed E-state index contributed by atoms with van der Waals surface area (Å²) in [5.41, 5.74) is 5.08. The molecule has 0 spiro atoms. The van der Waals surface area contributed by atoms with Crippen LogP contribution in [0.5, 0.6) is 5.75 Å². The van der Waals surface area contributed by atoms with Gasteiger partial charge in [-0.15, -0.1) is 13.2 Å². The van der Waals surface area contributed by atoms with Crippen molar-refractivity contribution in [2.45, 2.75) is 11.3 Å². The third kappa shape index (κ3) is 3.93. The van der Waals surface area contributed by atoms with E-state index in [-0.39, 0.29) is 10.2 Å². The van der Waals surface area contributed by atoms with Crippen molar-refractivity contribution in [1.82, 2.24) is 0 Å². The molecular weight excluding hydrogens is 350 g/mol. The van der Waals surface area contributed by atoms with Crippen LogP contribution in [0.25, 0.3) is 0 Å². The summed E-state index contributed by atoms with van der Waals surface area (Å²) in [6.45, 7) is 0. The Morgan fingerprint density at radius 2 is 1.88 bits per heavy atom. The van der Waals surface area contributed by atoms with Crippen LogP contribution in [0, 0.1) is 0 Å². The molecule has 0 amide bonds. The second kappa shape index (κ2) is 4.54. The van der Waals surface area contributed by atoms with Crippen LogP contribution in [0.4, 0.5) is 18.9 Å². The molecule has 0 unspecified atom stereocenters. The van der Waals surface area contributed by atoms with Gasteiger partial charge in [-0.05, 0) is 22.0 Å². The van der Waals surface area contributed by atoms with Crippen LogP contribution < -0.4 is 10.5 Å². The first-order valence-electron chi connectivity index (χ1n) is 3.80. The second-order valence-electron chi connectivity index (χ2n) is 2.81.